The first-order valence-electron chi connectivity index (χ1n) is 6.70. The van der Waals surface area contributed by atoms with E-state index in [9.17, 15) is 8.42 Å². The maximum Gasteiger partial charge on any atom is 0.240 e. The van der Waals surface area contributed by atoms with Crippen LogP contribution in [0.25, 0.3) is 11.1 Å². The smallest absolute Gasteiger partial charge is 0.240 e. The van der Waals surface area contributed by atoms with Gasteiger partial charge in [0.05, 0.1) is 11.5 Å². The Morgan fingerprint density at radius 2 is 1.67 bits per heavy atom. The molecule has 112 valence electrons. The molecule has 5 nitrogen and oxygen atoms in total. The zero-order valence-electron chi connectivity index (χ0n) is 11.7. The Morgan fingerprint density at radius 3 is 2.19 bits per heavy atom. The second-order valence-electron chi connectivity index (χ2n) is 4.67. The Bertz CT molecular complexity index is 666. The van der Waals surface area contributed by atoms with Gasteiger partial charge >= 0.3 is 0 Å². The first kappa shape index (κ1) is 15.6. The summed E-state index contributed by atoms with van der Waals surface area (Å²) in [7, 11) is -3.60. The van der Waals surface area contributed by atoms with E-state index in [-0.39, 0.29) is 11.5 Å². The topological polar surface area (TPSA) is 79.3 Å². The van der Waals surface area contributed by atoms with Crippen molar-refractivity contribution in [2.24, 2.45) is 0 Å². The highest BCUT2D eigenvalue weighted by molar-refractivity contribution is 7.89. The second kappa shape index (κ2) is 6.80. The van der Waals surface area contributed by atoms with Gasteiger partial charge in [0.1, 0.15) is 0 Å². The Morgan fingerprint density at radius 1 is 1.10 bits per heavy atom. The Kier molecular flexibility index (Phi) is 5.06. The molecule has 2 aromatic rings. The third kappa shape index (κ3) is 3.87. The molecule has 1 unspecified atom stereocenters. The second-order valence-corrected chi connectivity index (χ2v) is 6.38. The molecule has 2 N–H and O–H groups in total. The third-order valence-electron chi connectivity index (χ3n) is 3.21. The van der Waals surface area contributed by atoms with E-state index in [1.54, 1.807) is 36.7 Å². The van der Waals surface area contributed by atoms with Gasteiger partial charge in [-0.1, -0.05) is 19.1 Å². The van der Waals surface area contributed by atoms with Crippen LogP contribution >= 0.6 is 0 Å². The van der Waals surface area contributed by atoms with Crippen molar-refractivity contribution in [2.45, 2.75) is 24.3 Å². The van der Waals surface area contributed by atoms with Crippen LogP contribution in [0.15, 0.2) is 53.7 Å². The van der Waals surface area contributed by atoms with Gasteiger partial charge in [0.15, 0.2) is 0 Å². The third-order valence-corrected chi connectivity index (χ3v) is 4.75. The van der Waals surface area contributed by atoms with Gasteiger partial charge < -0.3 is 5.11 Å². The number of benzene rings is 1. The maximum absolute atomic E-state index is 12.2. The van der Waals surface area contributed by atoms with Crippen LogP contribution in [0.3, 0.4) is 0 Å². The van der Waals surface area contributed by atoms with Crippen LogP contribution in [-0.2, 0) is 10.0 Å². The largest absolute Gasteiger partial charge is 0.395 e. The quantitative estimate of drug-likeness (QED) is 0.853. The fourth-order valence-electron chi connectivity index (χ4n) is 1.91. The minimum Gasteiger partial charge on any atom is -0.395 e. The lowest BCUT2D eigenvalue weighted by Gasteiger charge is -2.14. The van der Waals surface area contributed by atoms with E-state index < -0.39 is 16.1 Å². The SMILES string of the molecule is CCC(CO)NS(=O)(=O)c1ccc(-c2ccncc2)cc1. The number of aromatic nitrogens is 1. The average molecular weight is 306 g/mol. The molecule has 0 aliphatic carbocycles. The van der Waals surface area contributed by atoms with Crippen LogP contribution < -0.4 is 4.72 Å². The van der Waals surface area contributed by atoms with E-state index in [2.05, 4.69) is 9.71 Å². The Hall–Kier alpha value is -1.76. The van der Waals surface area contributed by atoms with Crippen molar-refractivity contribution in [3.8, 4) is 11.1 Å². The maximum atomic E-state index is 12.2. The molecule has 0 bridgehead atoms. The highest BCUT2D eigenvalue weighted by atomic mass is 32.2. The van der Waals surface area contributed by atoms with Crippen molar-refractivity contribution in [3.63, 3.8) is 0 Å². The highest BCUT2D eigenvalue weighted by Crippen LogP contribution is 2.20. The van der Waals surface area contributed by atoms with E-state index in [0.29, 0.717) is 6.42 Å². The summed E-state index contributed by atoms with van der Waals surface area (Å²) in [6.07, 6.45) is 3.91. The fourth-order valence-corrected chi connectivity index (χ4v) is 3.22. The predicted molar refractivity (Wildman–Crippen MR) is 81.2 cm³/mol. The zero-order valence-corrected chi connectivity index (χ0v) is 12.5. The standard InChI is InChI=1S/C15H18N2O3S/c1-2-14(11-18)17-21(19,20)15-5-3-12(4-6-15)13-7-9-16-10-8-13/h3-10,14,17-18H,2,11H2,1H3. The lowest BCUT2D eigenvalue weighted by atomic mass is 10.1. The minimum absolute atomic E-state index is 0.187. The van der Waals surface area contributed by atoms with Crippen molar-refractivity contribution < 1.29 is 13.5 Å². The number of rotatable bonds is 6. The number of hydrogen-bond acceptors (Lipinski definition) is 4. The van der Waals surface area contributed by atoms with Crippen molar-refractivity contribution in [2.75, 3.05) is 6.61 Å². The number of hydrogen-bond donors (Lipinski definition) is 2. The van der Waals surface area contributed by atoms with Crippen LogP contribution in [0.2, 0.25) is 0 Å². The average Bonchev–Trinajstić information content (AvgIpc) is 2.53. The van der Waals surface area contributed by atoms with Gasteiger partial charge in [0.2, 0.25) is 10.0 Å². The molecule has 0 saturated heterocycles. The molecule has 0 fully saturated rings. The number of pyridine rings is 1. The molecular formula is C15H18N2O3S. The summed E-state index contributed by atoms with van der Waals surface area (Å²) in [4.78, 5) is 4.14. The van der Waals surface area contributed by atoms with Gasteiger partial charge in [-0.15, -0.1) is 0 Å². The molecule has 0 radical (unpaired) electrons. The molecule has 6 heteroatoms. The molecule has 1 aromatic carbocycles. The molecule has 21 heavy (non-hydrogen) atoms. The van der Waals surface area contributed by atoms with E-state index in [0.717, 1.165) is 11.1 Å². The first-order chi connectivity index (χ1) is 10.1. The van der Waals surface area contributed by atoms with Crippen molar-refractivity contribution >= 4 is 10.0 Å². The van der Waals surface area contributed by atoms with E-state index in [1.807, 2.05) is 19.1 Å². The van der Waals surface area contributed by atoms with E-state index in [4.69, 9.17) is 5.11 Å². The number of nitrogens with one attached hydrogen (secondary N) is 1. The van der Waals surface area contributed by atoms with E-state index in [1.165, 1.54) is 0 Å². The van der Waals surface area contributed by atoms with Gasteiger partial charge in [-0.25, -0.2) is 13.1 Å². The van der Waals surface area contributed by atoms with Crippen LogP contribution in [0.4, 0.5) is 0 Å². The summed E-state index contributed by atoms with van der Waals surface area (Å²) in [6.45, 7) is 1.60. The molecule has 0 saturated carbocycles. The molecule has 0 amide bonds. The van der Waals surface area contributed by atoms with Crippen molar-refractivity contribution in [3.05, 3.63) is 48.8 Å². The molecule has 2 rings (SSSR count). The number of aliphatic hydroxyl groups excluding tert-OH is 1. The van der Waals surface area contributed by atoms with Crippen molar-refractivity contribution in [1.29, 1.82) is 0 Å². The number of sulfonamides is 1. The molecule has 1 aromatic heterocycles. The van der Waals surface area contributed by atoms with Crippen molar-refractivity contribution in [1.82, 2.24) is 9.71 Å². The number of nitrogens with zero attached hydrogens (tertiary/aromatic N) is 1. The van der Waals surface area contributed by atoms with Gasteiger partial charge in [-0.2, -0.15) is 0 Å². The molecule has 0 spiro atoms. The van der Waals surface area contributed by atoms with Crippen LogP contribution in [0.1, 0.15) is 13.3 Å². The summed E-state index contributed by atoms with van der Waals surface area (Å²) >= 11 is 0. The fraction of sp³-hybridized carbons (Fsp3) is 0.267. The van der Waals surface area contributed by atoms with Crippen LogP contribution in [-0.4, -0.2) is 31.2 Å². The van der Waals surface area contributed by atoms with E-state index >= 15 is 0 Å². The van der Waals surface area contributed by atoms with Crippen LogP contribution in [0, 0.1) is 0 Å². The molecule has 0 aliphatic rings. The van der Waals surface area contributed by atoms with Gasteiger partial charge in [0, 0.05) is 18.4 Å². The summed E-state index contributed by atoms with van der Waals surface area (Å²) < 4.78 is 26.8. The molecule has 1 heterocycles. The normalized spacial score (nSPS) is 13.0. The van der Waals surface area contributed by atoms with Gasteiger partial charge in [-0.05, 0) is 41.8 Å². The predicted octanol–water partition coefficient (Wildman–Crippen LogP) is 1.80. The Labute approximate surface area is 124 Å². The molecule has 1 atom stereocenters. The lowest BCUT2D eigenvalue weighted by molar-refractivity contribution is 0.254. The lowest BCUT2D eigenvalue weighted by Crippen LogP contribution is -2.36. The highest BCUT2D eigenvalue weighted by Gasteiger charge is 2.18. The van der Waals surface area contributed by atoms with Gasteiger partial charge in [-0.3, -0.25) is 4.98 Å². The minimum atomic E-state index is -3.60. The van der Waals surface area contributed by atoms with Crippen LogP contribution in [0.5, 0.6) is 0 Å². The first-order valence-corrected chi connectivity index (χ1v) is 8.19. The summed E-state index contributed by atoms with van der Waals surface area (Å²) in [5.41, 5.74) is 1.90. The zero-order chi connectivity index (χ0) is 15.3. The monoisotopic (exact) mass is 306 g/mol. The summed E-state index contributed by atoms with van der Waals surface area (Å²) in [6, 6.07) is 9.88. The molecular weight excluding hydrogens is 288 g/mol. The summed E-state index contributed by atoms with van der Waals surface area (Å²) in [5.74, 6) is 0. The number of aliphatic hydroxyl groups is 1. The Balaban J connectivity index is 2.22. The molecule has 0 aliphatic heterocycles. The summed E-state index contributed by atoms with van der Waals surface area (Å²) in [5, 5.41) is 9.10. The van der Waals surface area contributed by atoms with Gasteiger partial charge in [0.25, 0.3) is 0 Å².